The Balaban J connectivity index is 1.48. The third-order valence-electron chi connectivity index (χ3n) is 5.55. The summed E-state index contributed by atoms with van der Waals surface area (Å²) in [4.78, 5) is 52.0. The molecule has 1 aliphatic heterocycles. The van der Waals surface area contributed by atoms with Crippen LogP contribution in [0.5, 0.6) is 5.75 Å². The van der Waals surface area contributed by atoms with Crippen molar-refractivity contribution in [3.05, 3.63) is 94.0 Å². The lowest BCUT2D eigenvalue weighted by atomic mass is 10.1. The Morgan fingerprint density at radius 3 is 2.21 bits per heavy atom. The Labute approximate surface area is 196 Å². The first kappa shape index (κ1) is 22.9. The number of ketones is 1. The number of hydrogen-bond donors (Lipinski definition) is 0. The highest BCUT2D eigenvalue weighted by atomic mass is 16.5. The molecule has 7 heteroatoms. The van der Waals surface area contributed by atoms with Gasteiger partial charge in [0.05, 0.1) is 29.0 Å². The number of imide groups is 1. The second-order valence-corrected chi connectivity index (χ2v) is 7.95. The van der Waals surface area contributed by atoms with Gasteiger partial charge in [-0.2, -0.15) is 0 Å². The van der Waals surface area contributed by atoms with Crippen LogP contribution in [0.4, 0.5) is 5.69 Å². The standard InChI is InChI=1S/C27H23NO6/c1-4-33-20-10-7-18(8-11-20)24(29)15-34-27(32)19-9-12-21-22(14-19)26(31)28(25(21)30)23-13-16(2)5-6-17(23)3/h5-14H,4,15H2,1-3H3. The minimum absolute atomic E-state index is 0.0854. The summed E-state index contributed by atoms with van der Waals surface area (Å²) in [5, 5.41) is 0. The van der Waals surface area contributed by atoms with Gasteiger partial charge in [-0.25, -0.2) is 9.69 Å². The second kappa shape index (κ2) is 9.31. The number of Topliss-reactive ketones (excluding diaryl/α,β-unsaturated/α-hetero) is 1. The molecule has 4 rings (SSSR count). The molecular weight excluding hydrogens is 434 g/mol. The van der Waals surface area contributed by atoms with Gasteiger partial charge in [0.15, 0.2) is 12.4 Å². The van der Waals surface area contributed by atoms with Crippen LogP contribution >= 0.6 is 0 Å². The smallest absolute Gasteiger partial charge is 0.338 e. The Bertz CT molecular complexity index is 1310. The Hall–Kier alpha value is -4.26. The van der Waals surface area contributed by atoms with Gasteiger partial charge in [-0.05, 0) is 80.4 Å². The number of fused-ring (bicyclic) bond motifs is 1. The van der Waals surface area contributed by atoms with E-state index in [0.29, 0.717) is 23.6 Å². The van der Waals surface area contributed by atoms with Crippen LogP contribution in [0.1, 0.15) is 59.5 Å². The highest BCUT2D eigenvalue weighted by Gasteiger charge is 2.38. The molecule has 0 saturated carbocycles. The average molecular weight is 457 g/mol. The molecule has 0 aliphatic carbocycles. The zero-order valence-corrected chi connectivity index (χ0v) is 19.1. The number of carbonyl (C=O) groups excluding carboxylic acids is 4. The van der Waals surface area contributed by atoms with Gasteiger partial charge in [0.1, 0.15) is 5.75 Å². The lowest BCUT2D eigenvalue weighted by Gasteiger charge is -2.17. The van der Waals surface area contributed by atoms with E-state index < -0.39 is 24.4 Å². The summed E-state index contributed by atoms with van der Waals surface area (Å²) in [5.74, 6) is -1.44. The van der Waals surface area contributed by atoms with Crippen LogP contribution in [0.25, 0.3) is 0 Å². The molecule has 0 saturated heterocycles. The van der Waals surface area contributed by atoms with Crippen LogP contribution in [0.15, 0.2) is 60.7 Å². The van der Waals surface area contributed by atoms with Crippen molar-refractivity contribution in [3.8, 4) is 5.75 Å². The zero-order valence-electron chi connectivity index (χ0n) is 19.1. The van der Waals surface area contributed by atoms with Gasteiger partial charge in [0.2, 0.25) is 0 Å². The van der Waals surface area contributed by atoms with E-state index in [9.17, 15) is 19.2 Å². The van der Waals surface area contributed by atoms with Gasteiger partial charge in [0.25, 0.3) is 11.8 Å². The van der Waals surface area contributed by atoms with Gasteiger partial charge < -0.3 is 9.47 Å². The SMILES string of the molecule is CCOc1ccc(C(=O)COC(=O)c2ccc3c(c2)C(=O)N(c2cc(C)ccc2C)C3=O)cc1. The number of rotatable bonds is 7. The predicted molar refractivity (Wildman–Crippen MR) is 126 cm³/mol. The Morgan fingerprint density at radius 1 is 0.824 bits per heavy atom. The molecular formula is C27H23NO6. The van der Waals surface area contributed by atoms with E-state index in [2.05, 4.69) is 0 Å². The van der Waals surface area contributed by atoms with Crippen molar-refractivity contribution in [3.63, 3.8) is 0 Å². The van der Waals surface area contributed by atoms with Crippen molar-refractivity contribution in [2.45, 2.75) is 20.8 Å². The fourth-order valence-electron chi connectivity index (χ4n) is 3.75. The van der Waals surface area contributed by atoms with E-state index in [-0.39, 0.29) is 22.5 Å². The summed E-state index contributed by atoms with van der Waals surface area (Å²) in [6.45, 7) is 5.63. The van der Waals surface area contributed by atoms with Gasteiger partial charge in [0, 0.05) is 5.56 Å². The summed E-state index contributed by atoms with van der Waals surface area (Å²) >= 11 is 0. The Morgan fingerprint density at radius 2 is 1.50 bits per heavy atom. The summed E-state index contributed by atoms with van der Waals surface area (Å²) in [5.41, 5.74) is 3.02. The predicted octanol–water partition coefficient (Wildman–Crippen LogP) is 4.54. The molecule has 0 fully saturated rings. The maximum absolute atomic E-state index is 13.1. The normalized spacial score (nSPS) is 12.5. The largest absolute Gasteiger partial charge is 0.494 e. The van der Waals surface area contributed by atoms with Gasteiger partial charge in [-0.1, -0.05) is 12.1 Å². The van der Waals surface area contributed by atoms with Crippen LogP contribution in [-0.4, -0.2) is 36.8 Å². The first-order valence-electron chi connectivity index (χ1n) is 10.8. The number of carbonyl (C=O) groups is 4. The monoisotopic (exact) mass is 457 g/mol. The molecule has 0 unspecified atom stereocenters. The van der Waals surface area contributed by atoms with Crippen LogP contribution in [0.3, 0.4) is 0 Å². The summed E-state index contributed by atoms with van der Waals surface area (Å²) < 4.78 is 10.5. The second-order valence-electron chi connectivity index (χ2n) is 7.95. The van der Waals surface area contributed by atoms with Crippen molar-refractivity contribution >= 4 is 29.3 Å². The highest BCUT2D eigenvalue weighted by molar-refractivity contribution is 6.35. The first-order chi connectivity index (χ1) is 16.3. The Kier molecular flexibility index (Phi) is 6.27. The van der Waals surface area contributed by atoms with E-state index >= 15 is 0 Å². The number of aryl methyl sites for hydroxylation is 2. The minimum atomic E-state index is -0.757. The average Bonchev–Trinajstić information content (AvgIpc) is 3.08. The molecule has 2 amide bonds. The van der Waals surface area contributed by atoms with Crippen molar-refractivity contribution in [2.75, 3.05) is 18.1 Å². The van der Waals surface area contributed by atoms with Gasteiger partial charge in [-0.3, -0.25) is 14.4 Å². The number of amides is 2. The third kappa shape index (κ3) is 4.32. The van der Waals surface area contributed by atoms with Gasteiger partial charge >= 0.3 is 5.97 Å². The van der Waals surface area contributed by atoms with Crippen LogP contribution in [0, 0.1) is 13.8 Å². The van der Waals surface area contributed by atoms with Crippen LogP contribution in [-0.2, 0) is 4.74 Å². The lowest BCUT2D eigenvalue weighted by molar-refractivity contribution is 0.0474. The molecule has 0 N–H and O–H groups in total. The van der Waals surface area contributed by atoms with E-state index in [4.69, 9.17) is 9.47 Å². The molecule has 0 spiro atoms. The van der Waals surface area contributed by atoms with Gasteiger partial charge in [-0.15, -0.1) is 0 Å². The summed E-state index contributed by atoms with van der Waals surface area (Å²) in [7, 11) is 0. The third-order valence-corrected chi connectivity index (χ3v) is 5.55. The quantitative estimate of drug-likeness (QED) is 0.294. The first-order valence-corrected chi connectivity index (χ1v) is 10.8. The molecule has 0 aromatic heterocycles. The molecule has 34 heavy (non-hydrogen) atoms. The number of esters is 1. The topological polar surface area (TPSA) is 90.0 Å². The lowest BCUT2D eigenvalue weighted by Crippen LogP contribution is -2.30. The molecule has 1 aliphatic rings. The maximum Gasteiger partial charge on any atom is 0.338 e. The number of ether oxygens (including phenoxy) is 2. The number of anilines is 1. The van der Waals surface area contributed by atoms with E-state index in [0.717, 1.165) is 16.0 Å². The van der Waals surface area contributed by atoms with Crippen LogP contribution in [0.2, 0.25) is 0 Å². The fourth-order valence-corrected chi connectivity index (χ4v) is 3.75. The van der Waals surface area contributed by atoms with Crippen LogP contribution < -0.4 is 9.64 Å². The molecule has 3 aromatic rings. The number of nitrogens with zero attached hydrogens (tertiary/aromatic N) is 1. The van der Waals surface area contributed by atoms with E-state index in [1.54, 1.807) is 30.3 Å². The molecule has 1 heterocycles. The van der Waals surface area contributed by atoms with Crippen molar-refractivity contribution < 1.29 is 28.7 Å². The zero-order chi connectivity index (χ0) is 24.4. The summed E-state index contributed by atoms with van der Waals surface area (Å²) in [6, 6.07) is 16.3. The van der Waals surface area contributed by atoms with E-state index in [1.807, 2.05) is 32.9 Å². The highest BCUT2D eigenvalue weighted by Crippen LogP contribution is 2.32. The minimum Gasteiger partial charge on any atom is -0.494 e. The van der Waals surface area contributed by atoms with E-state index in [1.165, 1.54) is 18.2 Å². The van der Waals surface area contributed by atoms with Crippen molar-refractivity contribution in [1.82, 2.24) is 0 Å². The molecule has 0 radical (unpaired) electrons. The van der Waals surface area contributed by atoms with Crippen molar-refractivity contribution in [2.24, 2.45) is 0 Å². The fraction of sp³-hybridized carbons (Fsp3) is 0.185. The number of hydrogen-bond acceptors (Lipinski definition) is 6. The molecule has 0 atom stereocenters. The molecule has 0 bridgehead atoms. The summed E-state index contributed by atoms with van der Waals surface area (Å²) in [6.07, 6.45) is 0. The molecule has 172 valence electrons. The maximum atomic E-state index is 13.1. The molecule has 3 aromatic carbocycles. The number of benzene rings is 3. The van der Waals surface area contributed by atoms with Crippen molar-refractivity contribution in [1.29, 1.82) is 0 Å². The molecule has 7 nitrogen and oxygen atoms in total.